The number of fused-ring (bicyclic) bond motifs is 1. The molecule has 0 saturated heterocycles. The van der Waals surface area contributed by atoms with Gasteiger partial charge in [-0.2, -0.15) is 0 Å². The molecule has 0 spiro atoms. The van der Waals surface area contributed by atoms with Crippen LogP contribution in [0.2, 0.25) is 0 Å². The molecular formula is C14H16O4. The monoisotopic (exact) mass is 248 g/mol. The molecule has 4 heteroatoms. The smallest absolute Gasteiger partial charge is 0.314 e. The molecule has 1 aliphatic heterocycles. The lowest BCUT2D eigenvalue weighted by molar-refractivity contribution is -0.147. The summed E-state index contributed by atoms with van der Waals surface area (Å²) in [7, 11) is 1.59. The minimum Gasteiger partial charge on any atom is -0.493 e. The standard InChI is InChI=1S/C14H16O4/c1-17-11-8-10(7-9-3-6-18-12(9)11)14(13(15)16)4-2-5-14/h7-8H,2-6H2,1H3,(H,15,16). The second-order valence-electron chi connectivity index (χ2n) is 5.01. The van der Waals surface area contributed by atoms with Crippen LogP contribution < -0.4 is 9.47 Å². The highest BCUT2D eigenvalue weighted by molar-refractivity contribution is 5.83. The zero-order valence-electron chi connectivity index (χ0n) is 10.4. The molecule has 0 aromatic heterocycles. The lowest BCUT2D eigenvalue weighted by Crippen LogP contribution is -2.42. The predicted octanol–water partition coefficient (Wildman–Crippen LogP) is 2.14. The van der Waals surface area contributed by atoms with Gasteiger partial charge in [0.15, 0.2) is 11.5 Å². The van der Waals surface area contributed by atoms with Crippen molar-refractivity contribution in [1.82, 2.24) is 0 Å². The first kappa shape index (κ1) is 11.4. The number of carboxylic acids is 1. The highest BCUT2D eigenvalue weighted by atomic mass is 16.5. The number of hydrogen-bond donors (Lipinski definition) is 1. The van der Waals surface area contributed by atoms with Gasteiger partial charge in [0.1, 0.15) is 0 Å². The van der Waals surface area contributed by atoms with E-state index < -0.39 is 11.4 Å². The van der Waals surface area contributed by atoms with Crippen LogP contribution in [0.25, 0.3) is 0 Å². The lowest BCUT2D eigenvalue weighted by Gasteiger charge is -2.38. The Balaban J connectivity index is 2.10. The average molecular weight is 248 g/mol. The summed E-state index contributed by atoms with van der Waals surface area (Å²) in [6, 6.07) is 3.82. The van der Waals surface area contributed by atoms with Gasteiger partial charge in [0.2, 0.25) is 0 Å². The van der Waals surface area contributed by atoms with E-state index in [1.54, 1.807) is 7.11 Å². The van der Waals surface area contributed by atoms with Crippen molar-refractivity contribution < 1.29 is 19.4 Å². The van der Waals surface area contributed by atoms with Crippen LogP contribution in [0.4, 0.5) is 0 Å². The van der Waals surface area contributed by atoms with E-state index in [0.29, 0.717) is 25.2 Å². The molecule has 0 radical (unpaired) electrons. The molecular weight excluding hydrogens is 232 g/mol. The van der Waals surface area contributed by atoms with Crippen molar-refractivity contribution in [2.24, 2.45) is 0 Å². The van der Waals surface area contributed by atoms with E-state index in [4.69, 9.17) is 9.47 Å². The molecule has 1 N–H and O–H groups in total. The van der Waals surface area contributed by atoms with Gasteiger partial charge in [-0.25, -0.2) is 0 Å². The third-order valence-corrected chi connectivity index (χ3v) is 4.14. The molecule has 0 atom stereocenters. The number of ether oxygens (including phenoxy) is 2. The van der Waals surface area contributed by atoms with Crippen molar-refractivity contribution in [1.29, 1.82) is 0 Å². The van der Waals surface area contributed by atoms with Crippen molar-refractivity contribution >= 4 is 5.97 Å². The maximum absolute atomic E-state index is 11.5. The van der Waals surface area contributed by atoms with Gasteiger partial charge in [-0.1, -0.05) is 12.5 Å². The zero-order chi connectivity index (χ0) is 12.8. The minimum atomic E-state index is -0.727. The Bertz CT molecular complexity index is 503. The summed E-state index contributed by atoms with van der Waals surface area (Å²) in [6.07, 6.45) is 3.23. The van der Waals surface area contributed by atoms with Crippen LogP contribution in [0.5, 0.6) is 11.5 Å². The molecule has 1 aromatic rings. The molecule has 1 heterocycles. The molecule has 18 heavy (non-hydrogen) atoms. The van der Waals surface area contributed by atoms with E-state index in [-0.39, 0.29) is 0 Å². The molecule has 2 aliphatic rings. The quantitative estimate of drug-likeness (QED) is 0.890. The summed E-state index contributed by atoms with van der Waals surface area (Å²) in [5.74, 6) is 0.711. The Morgan fingerprint density at radius 1 is 1.44 bits per heavy atom. The molecule has 1 saturated carbocycles. The van der Waals surface area contributed by atoms with Gasteiger partial charge in [0.25, 0.3) is 0 Å². The van der Waals surface area contributed by atoms with Crippen LogP contribution in [0.1, 0.15) is 30.4 Å². The molecule has 0 amide bonds. The minimum absolute atomic E-state index is 0.648. The predicted molar refractivity (Wildman–Crippen MR) is 65.4 cm³/mol. The van der Waals surface area contributed by atoms with E-state index in [1.165, 1.54) is 0 Å². The summed E-state index contributed by atoms with van der Waals surface area (Å²) in [6.45, 7) is 0.648. The normalized spacial score (nSPS) is 19.6. The Hall–Kier alpha value is -1.71. The van der Waals surface area contributed by atoms with Crippen LogP contribution in [0, 0.1) is 0 Å². The molecule has 4 nitrogen and oxygen atoms in total. The number of carboxylic acid groups (broad SMARTS) is 1. The van der Waals surface area contributed by atoms with Crippen molar-refractivity contribution in [3.8, 4) is 11.5 Å². The van der Waals surface area contributed by atoms with Gasteiger partial charge in [0, 0.05) is 12.0 Å². The molecule has 1 aliphatic carbocycles. The number of benzene rings is 1. The zero-order valence-corrected chi connectivity index (χ0v) is 10.4. The molecule has 0 unspecified atom stereocenters. The van der Waals surface area contributed by atoms with E-state index >= 15 is 0 Å². The van der Waals surface area contributed by atoms with Gasteiger partial charge in [-0.15, -0.1) is 0 Å². The Morgan fingerprint density at radius 3 is 2.78 bits per heavy atom. The SMILES string of the molecule is COc1cc(C2(C(=O)O)CCC2)cc2c1OCC2. The van der Waals surface area contributed by atoms with E-state index in [9.17, 15) is 9.90 Å². The number of methoxy groups -OCH3 is 1. The second-order valence-corrected chi connectivity index (χ2v) is 5.01. The van der Waals surface area contributed by atoms with Crippen LogP contribution in [-0.4, -0.2) is 24.8 Å². The third-order valence-electron chi connectivity index (χ3n) is 4.14. The topological polar surface area (TPSA) is 55.8 Å². The maximum atomic E-state index is 11.5. The van der Waals surface area contributed by atoms with Gasteiger partial charge in [0.05, 0.1) is 19.1 Å². The fraction of sp³-hybridized carbons (Fsp3) is 0.500. The molecule has 96 valence electrons. The molecule has 1 fully saturated rings. The number of hydrogen-bond acceptors (Lipinski definition) is 3. The fourth-order valence-electron chi connectivity index (χ4n) is 2.86. The molecule has 3 rings (SSSR count). The van der Waals surface area contributed by atoms with Crippen LogP contribution in [0.3, 0.4) is 0 Å². The van der Waals surface area contributed by atoms with Crippen LogP contribution >= 0.6 is 0 Å². The fourth-order valence-corrected chi connectivity index (χ4v) is 2.86. The molecule has 0 bridgehead atoms. The second kappa shape index (κ2) is 3.90. The van der Waals surface area contributed by atoms with Gasteiger partial charge >= 0.3 is 5.97 Å². The summed E-state index contributed by atoms with van der Waals surface area (Å²) in [4.78, 5) is 11.5. The highest BCUT2D eigenvalue weighted by Crippen LogP contribution is 2.48. The van der Waals surface area contributed by atoms with E-state index in [0.717, 1.165) is 29.7 Å². The summed E-state index contributed by atoms with van der Waals surface area (Å²) < 4.78 is 10.9. The van der Waals surface area contributed by atoms with Crippen molar-refractivity contribution in [3.05, 3.63) is 23.3 Å². The number of carbonyl (C=O) groups is 1. The van der Waals surface area contributed by atoms with E-state index in [2.05, 4.69) is 0 Å². The Kier molecular flexibility index (Phi) is 2.47. The summed E-state index contributed by atoms with van der Waals surface area (Å²) in [5.41, 5.74) is 1.23. The maximum Gasteiger partial charge on any atom is 0.314 e. The first-order valence-electron chi connectivity index (χ1n) is 6.25. The Morgan fingerprint density at radius 2 is 2.22 bits per heavy atom. The van der Waals surface area contributed by atoms with Gasteiger partial charge < -0.3 is 14.6 Å². The van der Waals surface area contributed by atoms with Gasteiger partial charge in [-0.3, -0.25) is 4.79 Å². The summed E-state index contributed by atoms with van der Waals surface area (Å²) in [5, 5.41) is 9.48. The van der Waals surface area contributed by atoms with Crippen molar-refractivity contribution in [2.45, 2.75) is 31.1 Å². The van der Waals surface area contributed by atoms with Crippen molar-refractivity contribution in [3.63, 3.8) is 0 Å². The van der Waals surface area contributed by atoms with E-state index in [1.807, 2.05) is 12.1 Å². The number of aliphatic carboxylic acids is 1. The summed E-state index contributed by atoms with van der Waals surface area (Å²) >= 11 is 0. The first-order valence-corrected chi connectivity index (χ1v) is 6.25. The Labute approximate surface area is 106 Å². The van der Waals surface area contributed by atoms with Crippen LogP contribution in [-0.2, 0) is 16.6 Å². The number of rotatable bonds is 3. The molecule has 1 aromatic carbocycles. The largest absolute Gasteiger partial charge is 0.493 e. The highest BCUT2D eigenvalue weighted by Gasteiger charge is 2.46. The van der Waals surface area contributed by atoms with Gasteiger partial charge in [-0.05, 0) is 24.5 Å². The average Bonchev–Trinajstić information content (AvgIpc) is 2.73. The van der Waals surface area contributed by atoms with Crippen LogP contribution in [0.15, 0.2) is 12.1 Å². The first-order chi connectivity index (χ1) is 8.67. The third kappa shape index (κ3) is 1.41. The lowest BCUT2D eigenvalue weighted by atomic mass is 9.64. The van der Waals surface area contributed by atoms with Crippen molar-refractivity contribution in [2.75, 3.05) is 13.7 Å².